The van der Waals surface area contributed by atoms with E-state index in [1.54, 1.807) is 6.07 Å². The van der Waals surface area contributed by atoms with E-state index in [1.807, 2.05) is 0 Å². The number of hydrogen-bond acceptors (Lipinski definition) is 3. The van der Waals surface area contributed by atoms with Gasteiger partial charge in [0.1, 0.15) is 11.6 Å². The molecule has 0 radical (unpaired) electrons. The number of H-pyrrole nitrogens is 1. The molecule has 0 bridgehead atoms. The molecule has 6 heteroatoms. The molecule has 0 atom stereocenters. The highest BCUT2D eigenvalue weighted by molar-refractivity contribution is 5.79. The van der Waals surface area contributed by atoms with Gasteiger partial charge in [0.2, 0.25) is 5.91 Å². The van der Waals surface area contributed by atoms with Gasteiger partial charge in [0, 0.05) is 5.92 Å². The van der Waals surface area contributed by atoms with Crippen LogP contribution in [0.1, 0.15) is 18.7 Å². The summed E-state index contributed by atoms with van der Waals surface area (Å²) < 4.78 is 13.1. The van der Waals surface area contributed by atoms with Gasteiger partial charge in [0.25, 0.3) is 0 Å². The highest BCUT2D eigenvalue weighted by Gasteiger charge is 2.20. The first-order chi connectivity index (χ1) is 9.72. The number of aromatic amines is 1. The molecule has 1 aliphatic heterocycles. The van der Waals surface area contributed by atoms with Gasteiger partial charge in [0.05, 0.1) is 17.6 Å². The first-order valence-corrected chi connectivity index (χ1v) is 6.85. The van der Waals surface area contributed by atoms with Gasteiger partial charge in [-0.05, 0) is 44.1 Å². The van der Waals surface area contributed by atoms with E-state index >= 15 is 0 Å². The fourth-order valence-electron chi connectivity index (χ4n) is 2.52. The maximum absolute atomic E-state index is 13.1. The molecule has 1 saturated heterocycles. The molecule has 20 heavy (non-hydrogen) atoms. The zero-order valence-electron chi connectivity index (χ0n) is 11.1. The Bertz CT molecular complexity index is 619. The van der Waals surface area contributed by atoms with Crippen molar-refractivity contribution in [3.8, 4) is 0 Å². The van der Waals surface area contributed by atoms with Gasteiger partial charge in [-0.2, -0.15) is 0 Å². The average molecular weight is 276 g/mol. The van der Waals surface area contributed by atoms with Crippen LogP contribution in [0.4, 0.5) is 4.39 Å². The minimum Gasteiger partial charge on any atom is -0.349 e. The lowest BCUT2D eigenvalue weighted by Crippen LogP contribution is -2.38. The van der Waals surface area contributed by atoms with E-state index in [0.29, 0.717) is 23.4 Å². The Morgan fingerprint density at radius 1 is 1.40 bits per heavy atom. The quantitative estimate of drug-likeness (QED) is 0.792. The van der Waals surface area contributed by atoms with Crippen molar-refractivity contribution in [1.29, 1.82) is 0 Å². The smallest absolute Gasteiger partial charge is 0.223 e. The molecule has 1 amide bonds. The van der Waals surface area contributed by atoms with Crippen molar-refractivity contribution < 1.29 is 9.18 Å². The highest BCUT2D eigenvalue weighted by Crippen LogP contribution is 2.14. The zero-order chi connectivity index (χ0) is 13.9. The third-order valence-electron chi connectivity index (χ3n) is 3.63. The van der Waals surface area contributed by atoms with Crippen LogP contribution in [0.5, 0.6) is 0 Å². The van der Waals surface area contributed by atoms with Crippen LogP contribution >= 0.6 is 0 Å². The Balaban J connectivity index is 1.63. The van der Waals surface area contributed by atoms with Crippen LogP contribution in [0, 0.1) is 11.7 Å². The molecular formula is C14H17FN4O. The maximum Gasteiger partial charge on any atom is 0.223 e. The number of imidazole rings is 1. The van der Waals surface area contributed by atoms with Crippen molar-refractivity contribution in [2.45, 2.75) is 19.4 Å². The molecule has 1 aliphatic rings. The summed E-state index contributed by atoms with van der Waals surface area (Å²) in [5.41, 5.74) is 1.36. The highest BCUT2D eigenvalue weighted by atomic mass is 19.1. The average Bonchev–Trinajstić information content (AvgIpc) is 2.87. The number of nitrogens with zero attached hydrogens (tertiary/aromatic N) is 1. The van der Waals surface area contributed by atoms with E-state index in [4.69, 9.17) is 0 Å². The second-order valence-corrected chi connectivity index (χ2v) is 5.09. The van der Waals surface area contributed by atoms with Crippen LogP contribution in [0.2, 0.25) is 0 Å². The summed E-state index contributed by atoms with van der Waals surface area (Å²) in [6.07, 6.45) is 1.74. The number of aromatic nitrogens is 2. The molecule has 2 heterocycles. The minimum absolute atomic E-state index is 0.0677. The maximum atomic E-state index is 13.1. The summed E-state index contributed by atoms with van der Waals surface area (Å²) in [7, 11) is 0. The summed E-state index contributed by atoms with van der Waals surface area (Å²) in [6.45, 7) is 2.13. The van der Waals surface area contributed by atoms with Gasteiger partial charge < -0.3 is 15.6 Å². The van der Waals surface area contributed by atoms with Crippen LogP contribution in [-0.4, -0.2) is 29.0 Å². The topological polar surface area (TPSA) is 69.8 Å². The van der Waals surface area contributed by atoms with Crippen LogP contribution < -0.4 is 10.6 Å². The molecule has 0 aliphatic carbocycles. The molecule has 1 fully saturated rings. The number of hydrogen-bond donors (Lipinski definition) is 3. The van der Waals surface area contributed by atoms with Gasteiger partial charge in [-0.25, -0.2) is 9.37 Å². The third kappa shape index (κ3) is 2.80. The lowest BCUT2D eigenvalue weighted by molar-refractivity contribution is -0.125. The molecule has 3 rings (SSSR count). The summed E-state index contributed by atoms with van der Waals surface area (Å²) in [6, 6.07) is 4.40. The Labute approximate surface area is 116 Å². The van der Waals surface area contributed by atoms with Gasteiger partial charge in [-0.3, -0.25) is 4.79 Å². The molecule has 1 aromatic carbocycles. The van der Waals surface area contributed by atoms with Gasteiger partial charge >= 0.3 is 0 Å². The van der Waals surface area contributed by atoms with E-state index < -0.39 is 0 Å². The number of benzene rings is 1. The Morgan fingerprint density at radius 3 is 3.00 bits per heavy atom. The van der Waals surface area contributed by atoms with Crippen LogP contribution in [0.15, 0.2) is 18.2 Å². The summed E-state index contributed by atoms with van der Waals surface area (Å²) in [5, 5.41) is 6.12. The van der Waals surface area contributed by atoms with Crippen LogP contribution in [0.3, 0.4) is 0 Å². The number of amides is 1. The summed E-state index contributed by atoms with van der Waals surface area (Å²) >= 11 is 0. The number of piperidine rings is 1. The largest absolute Gasteiger partial charge is 0.349 e. The number of rotatable bonds is 3. The number of halogens is 1. The fourth-order valence-corrected chi connectivity index (χ4v) is 2.52. The number of nitrogens with one attached hydrogen (secondary N) is 3. The Morgan fingerprint density at radius 2 is 2.20 bits per heavy atom. The number of carbonyl (C=O) groups excluding carboxylic acids is 1. The normalized spacial score (nSPS) is 16.4. The third-order valence-corrected chi connectivity index (χ3v) is 3.63. The van der Waals surface area contributed by atoms with Crippen molar-refractivity contribution in [3.05, 3.63) is 29.8 Å². The Hall–Kier alpha value is -1.95. The summed E-state index contributed by atoms with van der Waals surface area (Å²) in [5.74, 6) is 0.496. The van der Waals surface area contributed by atoms with Gasteiger partial charge in [0.15, 0.2) is 0 Å². The van der Waals surface area contributed by atoms with E-state index in [1.165, 1.54) is 12.1 Å². The predicted molar refractivity (Wildman–Crippen MR) is 73.5 cm³/mol. The van der Waals surface area contributed by atoms with Crippen molar-refractivity contribution in [2.75, 3.05) is 13.1 Å². The predicted octanol–water partition coefficient (Wildman–Crippen LogP) is 1.32. The second-order valence-electron chi connectivity index (χ2n) is 5.09. The van der Waals surface area contributed by atoms with Gasteiger partial charge in [-0.1, -0.05) is 0 Å². The van der Waals surface area contributed by atoms with Crippen molar-refractivity contribution in [2.24, 2.45) is 5.92 Å². The van der Waals surface area contributed by atoms with Crippen molar-refractivity contribution in [3.63, 3.8) is 0 Å². The molecule has 0 unspecified atom stereocenters. The zero-order valence-corrected chi connectivity index (χ0v) is 11.1. The van der Waals surface area contributed by atoms with E-state index in [9.17, 15) is 9.18 Å². The van der Waals surface area contributed by atoms with Gasteiger partial charge in [-0.15, -0.1) is 0 Å². The standard InChI is InChI=1S/C14H17FN4O/c15-10-1-2-11-12(7-10)19-13(18-11)8-17-14(20)9-3-5-16-6-4-9/h1-2,7,9,16H,3-6,8H2,(H,17,20)(H,18,19). The lowest BCUT2D eigenvalue weighted by Gasteiger charge is -2.21. The van der Waals surface area contributed by atoms with Crippen LogP contribution in [-0.2, 0) is 11.3 Å². The number of fused-ring (bicyclic) bond motifs is 1. The molecule has 106 valence electrons. The number of carbonyl (C=O) groups is 1. The lowest BCUT2D eigenvalue weighted by atomic mass is 9.97. The molecule has 1 aromatic heterocycles. The minimum atomic E-state index is -0.300. The second kappa shape index (κ2) is 5.58. The molecule has 0 saturated carbocycles. The Kier molecular flexibility index (Phi) is 3.64. The van der Waals surface area contributed by atoms with E-state index in [-0.39, 0.29) is 17.6 Å². The molecule has 0 spiro atoms. The SMILES string of the molecule is O=C(NCc1nc2ccc(F)cc2[nH]1)C1CCNCC1. The monoisotopic (exact) mass is 276 g/mol. The molecular weight excluding hydrogens is 259 g/mol. The van der Waals surface area contributed by atoms with E-state index in [2.05, 4.69) is 20.6 Å². The first-order valence-electron chi connectivity index (χ1n) is 6.85. The molecule has 2 aromatic rings. The van der Waals surface area contributed by atoms with Crippen LogP contribution in [0.25, 0.3) is 11.0 Å². The van der Waals surface area contributed by atoms with Crippen molar-refractivity contribution >= 4 is 16.9 Å². The first kappa shape index (κ1) is 13.1. The molecule has 3 N–H and O–H groups in total. The van der Waals surface area contributed by atoms with E-state index in [0.717, 1.165) is 25.9 Å². The fraction of sp³-hybridized carbons (Fsp3) is 0.429. The van der Waals surface area contributed by atoms with Crippen molar-refractivity contribution in [1.82, 2.24) is 20.6 Å². The summed E-state index contributed by atoms with van der Waals surface area (Å²) in [4.78, 5) is 19.3. The molecule has 5 nitrogen and oxygen atoms in total.